The van der Waals surface area contributed by atoms with E-state index in [2.05, 4.69) is 46.9 Å². The Labute approximate surface area is 292 Å². The summed E-state index contributed by atoms with van der Waals surface area (Å²) in [5.41, 5.74) is 7.68. The Morgan fingerprint density at radius 3 is 2.49 bits per heavy atom. The van der Waals surface area contributed by atoms with Crippen LogP contribution in [0, 0.1) is 0 Å². The number of allylic oxidation sites excluding steroid dienone is 4. The standard InChI is InChI=1S/C40H38N4O3S2/c1-4-6-15-33(5-2)48(45)28-29-17-22-36-34(26-29)39-38(31-13-8-7-9-14-31)35(27-42-40(39)43-36)30-18-20-32(21-19-30)44(3)49(46)25-12-24-47-37-16-10-11-23-41-37/h4-11,13-23,26-27H,2,12,24-25,28H2,1,3H3,(H,42,43)/b6-4-,33-15+. The van der Waals surface area contributed by atoms with Gasteiger partial charge in [0.25, 0.3) is 0 Å². The lowest BCUT2D eigenvalue weighted by atomic mass is 9.92. The predicted octanol–water partition coefficient (Wildman–Crippen LogP) is 8.91. The van der Waals surface area contributed by atoms with Crippen molar-refractivity contribution < 1.29 is 13.2 Å². The maximum Gasteiger partial charge on any atom is 0.213 e. The number of aromatic nitrogens is 3. The summed E-state index contributed by atoms with van der Waals surface area (Å²) in [6, 6.07) is 30.1. The number of nitrogens with one attached hydrogen (secondary N) is 1. The Kier molecular flexibility index (Phi) is 10.9. The third-order valence-electron chi connectivity index (χ3n) is 8.16. The molecule has 3 aromatic heterocycles. The van der Waals surface area contributed by atoms with Crippen molar-refractivity contribution in [3.05, 3.63) is 145 Å². The summed E-state index contributed by atoms with van der Waals surface area (Å²) in [6.45, 7) is 6.23. The molecule has 1 N–H and O–H groups in total. The topological polar surface area (TPSA) is 88.2 Å². The fourth-order valence-electron chi connectivity index (χ4n) is 5.68. The largest absolute Gasteiger partial charge is 0.478 e. The normalized spacial score (nSPS) is 13.1. The highest BCUT2D eigenvalue weighted by atomic mass is 32.2. The van der Waals surface area contributed by atoms with Gasteiger partial charge in [-0.1, -0.05) is 79.4 Å². The number of hydrogen-bond donors (Lipinski definition) is 1. The molecule has 3 heterocycles. The lowest BCUT2D eigenvalue weighted by Crippen LogP contribution is -2.23. The first-order chi connectivity index (χ1) is 24.0. The third kappa shape index (κ3) is 7.80. The fraction of sp³-hybridized carbons (Fsp3) is 0.150. The van der Waals surface area contributed by atoms with Crippen LogP contribution in [0.3, 0.4) is 0 Å². The SMILES string of the molecule is C=C/C(=C\C=C/C)S(=O)Cc1ccc2[nH]c3ncc(-c4ccc(N(C)S(=O)CCCOc5ccccn5)cc4)c(-c4ccccc4)c3c2c1. The van der Waals surface area contributed by atoms with Gasteiger partial charge in [-0.3, -0.25) is 8.51 Å². The Morgan fingerprint density at radius 1 is 0.959 bits per heavy atom. The van der Waals surface area contributed by atoms with Crippen LogP contribution in [0.15, 0.2) is 139 Å². The molecule has 49 heavy (non-hydrogen) atoms. The van der Waals surface area contributed by atoms with Gasteiger partial charge in [0.15, 0.2) is 0 Å². The molecule has 9 heteroatoms. The lowest BCUT2D eigenvalue weighted by Gasteiger charge is -2.19. The fourth-order valence-corrected chi connectivity index (χ4v) is 7.74. The summed E-state index contributed by atoms with van der Waals surface area (Å²) >= 11 is 0. The van der Waals surface area contributed by atoms with Gasteiger partial charge in [0.2, 0.25) is 5.88 Å². The molecule has 2 unspecified atom stereocenters. The molecule has 0 bridgehead atoms. The van der Waals surface area contributed by atoms with Gasteiger partial charge in [-0.25, -0.2) is 14.2 Å². The highest BCUT2D eigenvalue weighted by Crippen LogP contribution is 2.41. The van der Waals surface area contributed by atoms with E-state index >= 15 is 0 Å². The van der Waals surface area contributed by atoms with E-state index in [9.17, 15) is 8.42 Å². The van der Waals surface area contributed by atoms with E-state index in [-0.39, 0.29) is 0 Å². The van der Waals surface area contributed by atoms with Crippen LogP contribution in [-0.4, -0.2) is 42.8 Å². The molecule has 6 rings (SSSR count). The smallest absolute Gasteiger partial charge is 0.213 e. The van der Waals surface area contributed by atoms with Crippen LogP contribution in [0.25, 0.3) is 44.2 Å². The summed E-state index contributed by atoms with van der Waals surface area (Å²) in [7, 11) is -0.611. The van der Waals surface area contributed by atoms with Crippen molar-refractivity contribution in [3.8, 4) is 28.1 Å². The molecule has 6 aromatic rings. The summed E-state index contributed by atoms with van der Waals surface area (Å²) < 4.78 is 33.8. The minimum absolute atomic E-state index is 0.374. The van der Waals surface area contributed by atoms with Gasteiger partial charge in [-0.15, -0.1) is 0 Å². The number of nitrogens with zero attached hydrogens (tertiary/aromatic N) is 3. The molecular formula is C40H38N4O3S2. The van der Waals surface area contributed by atoms with Crippen LogP contribution in [0.2, 0.25) is 0 Å². The van der Waals surface area contributed by atoms with Crippen molar-refractivity contribution in [2.75, 3.05) is 23.7 Å². The molecular weight excluding hydrogens is 649 g/mol. The minimum atomic E-state index is -1.24. The van der Waals surface area contributed by atoms with Gasteiger partial charge in [0, 0.05) is 69.3 Å². The van der Waals surface area contributed by atoms with E-state index < -0.39 is 21.8 Å². The van der Waals surface area contributed by atoms with Crippen LogP contribution in [0.5, 0.6) is 5.88 Å². The Bertz CT molecular complexity index is 2180. The number of pyridine rings is 2. The van der Waals surface area contributed by atoms with E-state index in [1.165, 1.54) is 0 Å². The highest BCUT2D eigenvalue weighted by Gasteiger charge is 2.19. The van der Waals surface area contributed by atoms with Gasteiger partial charge in [-0.05, 0) is 66.4 Å². The molecule has 7 nitrogen and oxygen atoms in total. The zero-order valence-corrected chi connectivity index (χ0v) is 29.2. The van der Waals surface area contributed by atoms with Crippen molar-refractivity contribution in [1.82, 2.24) is 15.0 Å². The number of rotatable bonds is 14. The molecule has 0 aliphatic carbocycles. The monoisotopic (exact) mass is 686 g/mol. The molecule has 0 aliphatic rings. The van der Waals surface area contributed by atoms with Gasteiger partial charge in [-0.2, -0.15) is 0 Å². The summed E-state index contributed by atoms with van der Waals surface area (Å²) in [6.07, 6.45) is 11.5. The average Bonchev–Trinajstić information content (AvgIpc) is 3.52. The molecule has 0 saturated heterocycles. The van der Waals surface area contributed by atoms with E-state index in [1.54, 1.807) is 16.6 Å². The molecule has 0 saturated carbocycles. The van der Waals surface area contributed by atoms with Crippen molar-refractivity contribution in [2.45, 2.75) is 19.1 Å². The number of ether oxygens (including phenoxy) is 1. The number of hydrogen-bond acceptors (Lipinski definition) is 5. The molecule has 0 radical (unpaired) electrons. The van der Waals surface area contributed by atoms with Crippen molar-refractivity contribution in [1.29, 1.82) is 0 Å². The summed E-state index contributed by atoms with van der Waals surface area (Å²) in [5.74, 6) is 1.42. The molecule has 0 fully saturated rings. The second-order valence-corrected chi connectivity index (χ2v) is 14.4. The van der Waals surface area contributed by atoms with E-state index in [0.717, 1.165) is 55.4 Å². The third-order valence-corrected chi connectivity index (χ3v) is 11.0. The van der Waals surface area contributed by atoms with Crippen LogP contribution >= 0.6 is 0 Å². The first-order valence-corrected chi connectivity index (χ1v) is 18.6. The number of aromatic amines is 1. The lowest BCUT2D eigenvalue weighted by molar-refractivity contribution is 0.306. The van der Waals surface area contributed by atoms with Crippen LogP contribution < -0.4 is 9.04 Å². The zero-order valence-electron chi connectivity index (χ0n) is 27.5. The first kappa shape index (κ1) is 33.8. The maximum absolute atomic E-state index is 13.2. The van der Waals surface area contributed by atoms with Gasteiger partial charge in [0.05, 0.1) is 23.2 Å². The van der Waals surface area contributed by atoms with Gasteiger partial charge < -0.3 is 9.72 Å². The van der Waals surface area contributed by atoms with Crippen LogP contribution in [-0.2, 0) is 27.5 Å². The molecule has 0 spiro atoms. The zero-order chi connectivity index (χ0) is 34.2. The quantitative estimate of drug-likeness (QED) is 0.0914. The van der Waals surface area contributed by atoms with E-state index in [0.29, 0.717) is 35.3 Å². The number of fused-ring (bicyclic) bond motifs is 3. The Balaban J connectivity index is 1.30. The van der Waals surface area contributed by atoms with E-state index in [1.807, 2.05) is 99.1 Å². The van der Waals surface area contributed by atoms with Crippen molar-refractivity contribution in [2.24, 2.45) is 0 Å². The Hall–Kier alpha value is -5.12. The predicted molar refractivity (Wildman–Crippen MR) is 205 cm³/mol. The number of benzene rings is 3. The van der Waals surface area contributed by atoms with E-state index in [4.69, 9.17) is 9.72 Å². The van der Waals surface area contributed by atoms with Crippen molar-refractivity contribution >= 4 is 49.4 Å². The average molecular weight is 687 g/mol. The van der Waals surface area contributed by atoms with Crippen LogP contribution in [0.4, 0.5) is 5.69 Å². The van der Waals surface area contributed by atoms with Gasteiger partial charge in [0.1, 0.15) is 16.6 Å². The molecule has 0 amide bonds. The second kappa shape index (κ2) is 15.9. The summed E-state index contributed by atoms with van der Waals surface area (Å²) in [4.78, 5) is 13.2. The first-order valence-electron chi connectivity index (χ1n) is 16.1. The molecule has 3 aromatic carbocycles. The number of anilines is 1. The molecule has 2 atom stereocenters. The molecule has 0 aliphatic heterocycles. The molecule has 248 valence electrons. The Morgan fingerprint density at radius 2 is 1.76 bits per heavy atom. The summed E-state index contributed by atoms with van der Waals surface area (Å²) in [5, 5.41) is 2.03. The van der Waals surface area contributed by atoms with Gasteiger partial charge >= 0.3 is 0 Å². The van der Waals surface area contributed by atoms with Crippen molar-refractivity contribution in [3.63, 3.8) is 0 Å². The highest BCUT2D eigenvalue weighted by molar-refractivity contribution is 7.88. The second-order valence-electron chi connectivity index (χ2n) is 11.4. The van der Waals surface area contributed by atoms with Crippen LogP contribution in [0.1, 0.15) is 18.9 Å². The minimum Gasteiger partial charge on any atom is -0.478 e. The maximum atomic E-state index is 13.2. The number of H-pyrrole nitrogens is 1.